The summed E-state index contributed by atoms with van der Waals surface area (Å²) in [5.41, 5.74) is 6.74. The van der Waals surface area contributed by atoms with E-state index in [9.17, 15) is 0 Å². The first kappa shape index (κ1) is 12.9. The van der Waals surface area contributed by atoms with Crippen LogP contribution in [0.25, 0.3) is 0 Å². The zero-order chi connectivity index (χ0) is 13.2. The van der Waals surface area contributed by atoms with Crippen LogP contribution in [-0.4, -0.2) is 23.1 Å². The normalized spacial score (nSPS) is 22.5. The van der Waals surface area contributed by atoms with Crippen molar-refractivity contribution >= 4 is 11.5 Å². The highest BCUT2D eigenvalue weighted by Crippen LogP contribution is 2.38. The molecule has 0 aromatic carbocycles. The van der Waals surface area contributed by atoms with Gasteiger partial charge < -0.3 is 15.8 Å². The second-order valence-electron chi connectivity index (χ2n) is 5.58. The number of nitrogen functional groups attached to an aromatic ring is 1. The molecule has 1 aromatic heterocycles. The fourth-order valence-electron chi connectivity index (χ4n) is 2.58. The van der Waals surface area contributed by atoms with E-state index in [0.29, 0.717) is 23.4 Å². The van der Waals surface area contributed by atoms with Gasteiger partial charge in [-0.25, -0.2) is 4.98 Å². The first-order valence-electron chi connectivity index (χ1n) is 6.45. The lowest BCUT2D eigenvalue weighted by Crippen LogP contribution is -2.39. The molecule has 2 rings (SSSR count). The monoisotopic (exact) mass is 250 g/mol. The fraction of sp³-hybridized carbons (Fsp3) is 0.692. The fourth-order valence-corrected chi connectivity index (χ4v) is 2.58. The van der Waals surface area contributed by atoms with Crippen molar-refractivity contribution in [3.63, 3.8) is 0 Å². The van der Waals surface area contributed by atoms with Crippen LogP contribution in [0, 0.1) is 5.41 Å². The maximum absolute atomic E-state index is 5.99. The number of nitrogens with two attached hydrogens (primary N) is 1. The van der Waals surface area contributed by atoms with Crippen molar-refractivity contribution in [1.82, 2.24) is 9.97 Å². The van der Waals surface area contributed by atoms with Crippen molar-refractivity contribution in [2.24, 2.45) is 5.41 Å². The van der Waals surface area contributed by atoms with E-state index in [1.807, 2.05) is 0 Å². The Morgan fingerprint density at radius 1 is 1.39 bits per heavy atom. The summed E-state index contributed by atoms with van der Waals surface area (Å²) in [4.78, 5) is 8.21. The van der Waals surface area contributed by atoms with Crippen LogP contribution < -0.4 is 15.8 Å². The van der Waals surface area contributed by atoms with Gasteiger partial charge in [-0.05, 0) is 18.3 Å². The van der Waals surface area contributed by atoms with Gasteiger partial charge >= 0.3 is 0 Å². The summed E-state index contributed by atoms with van der Waals surface area (Å²) in [7, 11) is 1.56. The topological polar surface area (TPSA) is 73.1 Å². The molecule has 0 spiro atoms. The highest BCUT2D eigenvalue weighted by atomic mass is 16.5. The van der Waals surface area contributed by atoms with Gasteiger partial charge in [0.1, 0.15) is 12.0 Å². The standard InChI is InChI=1S/C13H22N4O/c1-13(2)7-5-4-6-9(13)17-11-10(14)12(18-3)16-8-15-11/h8-9H,4-7,14H2,1-3H3,(H,15,16,17). The second-order valence-corrected chi connectivity index (χ2v) is 5.58. The third kappa shape index (κ3) is 2.49. The molecular formula is C13H22N4O. The first-order valence-corrected chi connectivity index (χ1v) is 6.45. The molecule has 0 aliphatic heterocycles. The molecule has 1 aliphatic rings. The molecule has 5 heteroatoms. The Hall–Kier alpha value is -1.52. The van der Waals surface area contributed by atoms with Gasteiger partial charge in [0.15, 0.2) is 5.82 Å². The maximum Gasteiger partial charge on any atom is 0.242 e. The Balaban J connectivity index is 2.18. The van der Waals surface area contributed by atoms with Gasteiger partial charge in [-0.3, -0.25) is 0 Å². The predicted molar refractivity (Wildman–Crippen MR) is 72.7 cm³/mol. The second kappa shape index (κ2) is 5.00. The minimum atomic E-state index is 0.267. The molecule has 1 unspecified atom stereocenters. The van der Waals surface area contributed by atoms with Crippen LogP contribution >= 0.6 is 0 Å². The van der Waals surface area contributed by atoms with Crippen LogP contribution in [-0.2, 0) is 0 Å². The highest BCUT2D eigenvalue weighted by molar-refractivity contribution is 5.66. The first-order chi connectivity index (χ1) is 8.54. The van der Waals surface area contributed by atoms with Gasteiger partial charge in [0.25, 0.3) is 0 Å². The van der Waals surface area contributed by atoms with Crippen molar-refractivity contribution in [3.8, 4) is 5.88 Å². The lowest BCUT2D eigenvalue weighted by atomic mass is 9.73. The van der Waals surface area contributed by atoms with E-state index >= 15 is 0 Å². The number of hydrogen-bond donors (Lipinski definition) is 2. The van der Waals surface area contributed by atoms with Gasteiger partial charge in [0, 0.05) is 6.04 Å². The number of methoxy groups -OCH3 is 1. The Labute approximate surface area is 108 Å². The van der Waals surface area contributed by atoms with Crippen LogP contribution in [0.5, 0.6) is 5.88 Å². The Bertz CT molecular complexity index is 419. The molecule has 0 saturated heterocycles. The van der Waals surface area contributed by atoms with E-state index in [1.165, 1.54) is 25.6 Å². The van der Waals surface area contributed by atoms with Crippen molar-refractivity contribution in [2.45, 2.75) is 45.6 Å². The number of aromatic nitrogens is 2. The zero-order valence-electron chi connectivity index (χ0n) is 11.4. The highest BCUT2D eigenvalue weighted by Gasteiger charge is 2.32. The van der Waals surface area contributed by atoms with E-state index in [0.717, 1.165) is 6.42 Å². The third-order valence-corrected chi connectivity index (χ3v) is 3.86. The summed E-state index contributed by atoms with van der Waals surface area (Å²) in [6.45, 7) is 4.58. The number of nitrogens with zero attached hydrogens (tertiary/aromatic N) is 2. The van der Waals surface area contributed by atoms with Crippen molar-refractivity contribution in [3.05, 3.63) is 6.33 Å². The molecular weight excluding hydrogens is 228 g/mol. The average molecular weight is 250 g/mol. The van der Waals surface area contributed by atoms with E-state index < -0.39 is 0 Å². The Morgan fingerprint density at radius 2 is 2.17 bits per heavy atom. The van der Waals surface area contributed by atoms with Crippen LogP contribution in [0.1, 0.15) is 39.5 Å². The van der Waals surface area contributed by atoms with Crippen molar-refractivity contribution < 1.29 is 4.74 Å². The minimum absolute atomic E-state index is 0.267. The van der Waals surface area contributed by atoms with E-state index in [2.05, 4.69) is 29.1 Å². The van der Waals surface area contributed by atoms with Crippen LogP contribution in [0.4, 0.5) is 11.5 Å². The molecule has 100 valence electrons. The molecule has 0 bridgehead atoms. The quantitative estimate of drug-likeness (QED) is 0.862. The number of rotatable bonds is 3. The number of nitrogens with one attached hydrogen (secondary N) is 1. The molecule has 0 radical (unpaired) electrons. The molecule has 1 heterocycles. The molecule has 1 fully saturated rings. The number of ether oxygens (including phenoxy) is 1. The zero-order valence-corrected chi connectivity index (χ0v) is 11.4. The molecule has 3 N–H and O–H groups in total. The molecule has 1 aromatic rings. The van der Waals surface area contributed by atoms with Crippen molar-refractivity contribution in [2.75, 3.05) is 18.2 Å². The summed E-state index contributed by atoms with van der Waals surface area (Å²) in [5, 5.41) is 3.46. The maximum atomic E-state index is 5.99. The van der Waals surface area contributed by atoms with E-state index in [1.54, 1.807) is 7.11 Å². The lowest BCUT2D eigenvalue weighted by molar-refractivity contribution is 0.216. The van der Waals surface area contributed by atoms with Crippen molar-refractivity contribution in [1.29, 1.82) is 0 Å². The smallest absolute Gasteiger partial charge is 0.242 e. The van der Waals surface area contributed by atoms with Crippen LogP contribution in [0.3, 0.4) is 0 Å². The largest absolute Gasteiger partial charge is 0.479 e. The molecule has 1 aliphatic carbocycles. The Morgan fingerprint density at radius 3 is 2.83 bits per heavy atom. The summed E-state index contributed by atoms with van der Waals surface area (Å²) < 4.78 is 5.11. The number of anilines is 2. The third-order valence-electron chi connectivity index (χ3n) is 3.86. The average Bonchev–Trinajstić information content (AvgIpc) is 2.34. The molecule has 0 amide bonds. The molecule has 18 heavy (non-hydrogen) atoms. The lowest BCUT2D eigenvalue weighted by Gasteiger charge is -2.39. The van der Waals surface area contributed by atoms with Gasteiger partial charge in [0.05, 0.1) is 7.11 Å². The predicted octanol–water partition coefficient (Wildman–Crippen LogP) is 2.45. The summed E-state index contributed by atoms with van der Waals surface area (Å²) in [5.74, 6) is 1.11. The van der Waals surface area contributed by atoms with Gasteiger partial charge in [-0.15, -0.1) is 0 Å². The van der Waals surface area contributed by atoms with Gasteiger partial charge in [-0.1, -0.05) is 26.7 Å². The van der Waals surface area contributed by atoms with E-state index in [-0.39, 0.29) is 5.41 Å². The minimum Gasteiger partial charge on any atom is -0.479 e. The van der Waals surface area contributed by atoms with Gasteiger partial charge in [-0.2, -0.15) is 4.98 Å². The van der Waals surface area contributed by atoms with E-state index in [4.69, 9.17) is 10.5 Å². The number of hydrogen-bond acceptors (Lipinski definition) is 5. The summed E-state index contributed by atoms with van der Waals surface area (Å²) >= 11 is 0. The molecule has 1 saturated carbocycles. The van der Waals surface area contributed by atoms with Crippen LogP contribution in [0.15, 0.2) is 6.33 Å². The Kier molecular flexibility index (Phi) is 3.59. The SMILES string of the molecule is COc1ncnc(NC2CCCCC2(C)C)c1N. The van der Waals surface area contributed by atoms with Gasteiger partial charge in [0.2, 0.25) is 5.88 Å². The molecule has 5 nitrogen and oxygen atoms in total. The summed E-state index contributed by atoms with van der Waals surface area (Å²) in [6, 6.07) is 0.396. The molecule has 1 atom stereocenters. The van der Waals surface area contributed by atoms with Crippen LogP contribution in [0.2, 0.25) is 0 Å². The summed E-state index contributed by atoms with van der Waals surface area (Å²) in [6.07, 6.45) is 6.41.